The molecule has 0 aromatic heterocycles. The molecule has 0 radical (unpaired) electrons. The van der Waals surface area contributed by atoms with E-state index in [0.29, 0.717) is 12.0 Å². The average molecular weight is 288 g/mol. The number of hydrogen-bond acceptors (Lipinski definition) is 1. The van der Waals surface area contributed by atoms with Gasteiger partial charge in [-0.25, -0.2) is 0 Å². The molecule has 0 aliphatic rings. The van der Waals surface area contributed by atoms with Gasteiger partial charge in [-0.05, 0) is 41.7 Å². The molecule has 0 aliphatic heterocycles. The molecule has 1 atom stereocenters. The van der Waals surface area contributed by atoms with Gasteiger partial charge in [0.1, 0.15) is 0 Å². The van der Waals surface area contributed by atoms with Crippen molar-refractivity contribution in [2.45, 2.75) is 33.4 Å². The van der Waals surface area contributed by atoms with Gasteiger partial charge in [0.2, 0.25) is 0 Å². The molecule has 1 unspecified atom stereocenters. The normalized spacial score (nSPS) is 12.7. The van der Waals surface area contributed by atoms with Crippen molar-refractivity contribution in [3.63, 3.8) is 0 Å². The monoisotopic (exact) mass is 287 g/mol. The second kappa shape index (κ2) is 6.92. The first-order valence-electron chi connectivity index (χ1n) is 7.11. The molecule has 1 N–H and O–H groups in total. The van der Waals surface area contributed by atoms with Gasteiger partial charge in [-0.2, -0.15) is 0 Å². The van der Waals surface area contributed by atoms with Crippen LogP contribution < -0.4 is 5.32 Å². The molecule has 106 valence electrons. The number of hydrogen-bond donors (Lipinski definition) is 1. The van der Waals surface area contributed by atoms with Crippen LogP contribution in [0, 0.1) is 12.8 Å². The SMILES string of the molecule is Cc1cc(Cl)ccc1CNC(c1ccccc1)C(C)C. The maximum atomic E-state index is 6.01. The van der Waals surface area contributed by atoms with Gasteiger partial charge in [0, 0.05) is 17.6 Å². The highest BCUT2D eigenvalue weighted by Gasteiger charge is 2.15. The summed E-state index contributed by atoms with van der Waals surface area (Å²) in [6.07, 6.45) is 0. The largest absolute Gasteiger partial charge is 0.306 e. The molecule has 20 heavy (non-hydrogen) atoms. The molecule has 0 bridgehead atoms. The van der Waals surface area contributed by atoms with E-state index in [1.165, 1.54) is 16.7 Å². The van der Waals surface area contributed by atoms with Crippen LogP contribution in [0.5, 0.6) is 0 Å². The molecule has 2 aromatic rings. The van der Waals surface area contributed by atoms with Crippen LogP contribution in [0.3, 0.4) is 0 Å². The summed E-state index contributed by atoms with van der Waals surface area (Å²) in [6, 6.07) is 17.1. The van der Waals surface area contributed by atoms with E-state index < -0.39 is 0 Å². The van der Waals surface area contributed by atoms with Gasteiger partial charge in [-0.3, -0.25) is 0 Å². The van der Waals surface area contributed by atoms with Crippen molar-refractivity contribution in [1.82, 2.24) is 5.32 Å². The second-order valence-corrected chi connectivity index (χ2v) is 6.02. The predicted molar refractivity (Wildman–Crippen MR) is 87.0 cm³/mol. The van der Waals surface area contributed by atoms with Crippen molar-refractivity contribution < 1.29 is 0 Å². The van der Waals surface area contributed by atoms with E-state index in [1.807, 2.05) is 12.1 Å². The zero-order valence-corrected chi connectivity index (χ0v) is 13.1. The van der Waals surface area contributed by atoms with E-state index in [-0.39, 0.29) is 0 Å². The number of benzene rings is 2. The first-order valence-corrected chi connectivity index (χ1v) is 7.49. The van der Waals surface area contributed by atoms with E-state index in [2.05, 4.69) is 62.5 Å². The number of rotatable bonds is 5. The van der Waals surface area contributed by atoms with Crippen molar-refractivity contribution >= 4 is 11.6 Å². The van der Waals surface area contributed by atoms with Gasteiger partial charge in [0.05, 0.1) is 0 Å². The standard InChI is InChI=1S/C18H22ClN/c1-13(2)18(15-7-5-4-6-8-15)20-12-16-9-10-17(19)11-14(16)3/h4-11,13,18,20H,12H2,1-3H3. The lowest BCUT2D eigenvalue weighted by molar-refractivity contribution is 0.410. The lowest BCUT2D eigenvalue weighted by Gasteiger charge is -2.23. The van der Waals surface area contributed by atoms with Gasteiger partial charge in [-0.15, -0.1) is 0 Å². The molecule has 0 amide bonds. The summed E-state index contributed by atoms with van der Waals surface area (Å²) in [5.74, 6) is 0.546. The summed E-state index contributed by atoms with van der Waals surface area (Å²) in [5.41, 5.74) is 3.88. The highest BCUT2D eigenvalue weighted by Crippen LogP contribution is 2.23. The van der Waals surface area contributed by atoms with Gasteiger partial charge in [-0.1, -0.05) is 61.8 Å². The molecule has 2 rings (SSSR count). The smallest absolute Gasteiger partial charge is 0.0408 e. The third-order valence-corrected chi connectivity index (χ3v) is 3.88. The highest BCUT2D eigenvalue weighted by molar-refractivity contribution is 6.30. The first-order chi connectivity index (χ1) is 9.58. The number of halogens is 1. The Balaban J connectivity index is 2.10. The topological polar surface area (TPSA) is 12.0 Å². The molecule has 1 nitrogen and oxygen atoms in total. The molecule has 0 saturated heterocycles. The Morgan fingerprint density at radius 2 is 1.75 bits per heavy atom. The first kappa shape index (κ1) is 15.1. The van der Waals surface area contributed by atoms with E-state index in [4.69, 9.17) is 11.6 Å². The molecule has 0 aliphatic carbocycles. The highest BCUT2D eigenvalue weighted by atomic mass is 35.5. The van der Waals surface area contributed by atoms with Crippen LogP contribution in [-0.2, 0) is 6.54 Å². The quantitative estimate of drug-likeness (QED) is 0.803. The van der Waals surface area contributed by atoms with Crippen LogP contribution in [0.15, 0.2) is 48.5 Å². The molecule has 2 heteroatoms. The summed E-state index contributed by atoms with van der Waals surface area (Å²) >= 11 is 6.01. The molecule has 0 saturated carbocycles. The van der Waals surface area contributed by atoms with Gasteiger partial charge in [0.15, 0.2) is 0 Å². The van der Waals surface area contributed by atoms with E-state index in [0.717, 1.165) is 11.6 Å². The summed E-state index contributed by atoms with van der Waals surface area (Å²) in [5, 5.41) is 4.47. The third kappa shape index (κ3) is 3.84. The van der Waals surface area contributed by atoms with Crippen LogP contribution in [0.2, 0.25) is 5.02 Å². The Bertz CT molecular complexity index is 549. The maximum Gasteiger partial charge on any atom is 0.0408 e. The fourth-order valence-electron chi connectivity index (χ4n) is 2.48. The van der Waals surface area contributed by atoms with Crippen LogP contribution >= 0.6 is 11.6 Å². The Kier molecular flexibility index (Phi) is 5.22. The zero-order chi connectivity index (χ0) is 14.5. The Morgan fingerprint density at radius 1 is 1.05 bits per heavy atom. The van der Waals surface area contributed by atoms with E-state index >= 15 is 0 Å². The minimum Gasteiger partial charge on any atom is -0.306 e. The van der Waals surface area contributed by atoms with Gasteiger partial charge in [0.25, 0.3) is 0 Å². The van der Waals surface area contributed by atoms with Crippen LogP contribution in [0.1, 0.15) is 36.6 Å². The Labute approximate surface area is 127 Å². The van der Waals surface area contributed by atoms with Crippen molar-refractivity contribution in [3.05, 3.63) is 70.2 Å². The minimum atomic E-state index is 0.367. The Morgan fingerprint density at radius 3 is 2.35 bits per heavy atom. The summed E-state index contributed by atoms with van der Waals surface area (Å²) in [4.78, 5) is 0. The number of aryl methyl sites for hydroxylation is 1. The lowest BCUT2D eigenvalue weighted by atomic mass is 9.95. The van der Waals surface area contributed by atoms with E-state index in [9.17, 15) is 0 Å². The second-order valence-electron chi connectivity index (χ2n) is 5.58. The van der Waals surface area contributed by atoms with Crippen molar-refractivity contribution in [2.24, 2.45) is 5.92 Å². The molecule has 0 spiro atoms. The fraction of sp³-hybridized carbons (Fsp3) is 0.333. The predicted octanol–water partition coefficient (Wildman–Crippen LogP) is 5.14. The van der Waals surface area contributed by atoms with Crippen molar-refractivity contribution in [2.75, 3.05) is 0 Å². The molecular formula is C18H22ClN. The van der Waals surface area contributed by atoms with Gasteiger partial charge >= 0.3 is 0 Å². The van der Waals surface area contributed by atoms with Crippen LogP contribution in [-0.4, -0.2) is 0 Å². The average Bonchev–Trinajstić information content (AvgIpc) is 2.42. The maximum absolute atomic E-state index is 6.01. The summed E-state index contributed by atoms with van der Waals surface area (Å²) in [6.45, 7) is 7.47. The fourth-order valence-corrected chi connectivity index (χ4v) is 2.70. The van der Waals surface area contributed by atoms with Crippen LogP contribution in [0.4, 0.5) is 0 Å². The summed E-state index contributed by atoms with van der Waals surface area (Å²) < 4.78 is 0. The zero-order valence-electron chi connectivity index (χ0n) is 12.4. The van der Waals surface area contributed by atoms with E-state index in [1.54, 1.807) is 0 Å². The van der Waals surface area contributed by atoms with Crippen LogP contribution in [0.25, 0.3) is 0 Å². The Hall–Kier alpha value is -1.31. The molecule has 0 fully saturated rings. The third-order valence-electron chi connectivity index (χ3n) is 3.64. The van der Waals surface area contributed by atoms with Crippen molar-refractivity contribution in [1.29, 1.82) is 0 Å². The molecule has 2 aromatic carbocycles. The summed E-state index contributed by atoms with van der Waals surface area (Å²) in [7, 11) is 0. The minimum absolute atomic E-state index is 0.367. The lowest BCUT2D eigenvalue weighted by Crippen LogP contribution is -2.25. The molecular weight excluding hydrogens is 266 g/mol. The number of nitrogens with one attached hydrogen (secondary N) is 1. The van der Waals surface area contributed by atoms with Crippen molar-refractivity contribution in [3.8, 4) is 0 Å². The van der Waals surface area contributed by atoms with Gasteiger partial charge < -0.3 is 5.32 Å². The molecule has 0 heterocycles.